The first-order valence-electron chi connectivity index (χ1n) is 14.4. The smallest absolute Gasteiger partial charge is 0.0906 e. The van der Waals surface area contributed by atoms with Gasteiger partial charge in [0.2, 0.25) is 0 Å². The summed E-state index contributed by atoms with van der Waals surface area (Å²) in [6, 6.07) is 18.8. The molecule has 0 N–H and O–H groups in total. The number of nitrogens with zero attached hydrogens (tertiary/aromatic N) is 5. The lowest BCUT2D eigenvalue weighted by Gasteiger charge is -2.49. The molecular weight excluding hydrogens is 606 g/mol. The van der Waals surface area contributed by atoms with Gasteiger partial charge in [0.25, 0.3) is 0 Å². The molecule has 218 valence electrons. The maximum Gasteiger partial charge on any atom is 0.0906 e. The molecule has 0 amide bonds. The molecule has 2 aromatic carbocycles. The summed E-state index contributed by atoms with van der Waals surface area (Å²) >= 11 is 10.1. The van der Waals surface area contributed by atoms with Gasteiger partial charge in [-0.1, -0.05) is 61.2 Å². The average Bonchev–Trinajstić information content (AvgIpc) is 3.17. The number of allylic oxidation sites excluding steroid dienone is 5. The number of rotatable bonds is 10. The number of hydrazine groups is 1. The third kappa shape index (κ3) is 6.63. The summed E-state index contributed by atoms with van der Waals surface area (Å²) in [6.45, 7) is 15.3. The summed E-state index contributed by atoms with van der Waals surface area (Å²) < 4.78 is 1.06. The Bertz CT molecular complexity index is 1460. The summed E-state index contributed by atoms with van der Waals surface area (Å²) in [5.74, 6) is 0. The molecule has 2 heterocycles. The fourth-order valence-electron chi connectivity index (χ4n) is 5.86. The predicted molar refractivity (Wildman–Crippen MR) is 180 cm³/mol. The van der Waals surface area contributed by atoms with Crippen molar-refractivity contribution >= 4 is 33.2 Å². The topological polar surface area (TPSA) is 16.2 Å². The lowest BCUT2D eigenvalue weighted by atomic mass is 9.87. The van der Waals surface area contributed by atoms with Crippen LogP contribution in [0.3, 0.4) is 0 Å². The molecule has 0 aromatic heterocycles. The van der Waals surface area contributed by atoms with Gasteiger partial charge in [0, 0.05) is 49.5 Å². The molecule has 1 aliphatic carbocycles. The SMILES string of the molecule is C=CN(Cc1cccc(Cl)c1)CN(c1ccccc1)C1(C)CCN(CC2=C(Br)C(=C)N(C3=CC=C=CC=C3)N2C)CC1. The molecule has 0 radical (unpaired) electrons. The van der Waals surface area contributed by atoms with Gasteiger partial charge in [0.15, 0.2) is 0 Å². The van der Waals surface area contributed by atoms with Crippen molar-refractivity contribution in [3.8, 4) is 0 Å². The van der Waals surface area contributed by atoms with Gasteiger partial charge in [-0.2, -0.15) is 0 Å². The summed E-state index contributed by atoms with van der Waals surface area (Å²) in [6.07, 6.45) is 14.1. The number of piperidine rings is 1. The van der Waals surface area contributed by atoms with Crippen LogP contribution in [-0.4, -0.2) is 58.7 Å². The summed E-state index contributed by atoms with van der Waals surface area (Å²) in [4.78, 5) is 7.39. The van der Waals surface area contributed by atoms with E-state index in [1.165, 1.54) is 16.9 Å². The van der Waals surface area contributed by atoms with E-state index in [1.807, 2.05) is 42.6 Å². The van der Waals surface area contributed by atoms with Crippen molar-refractivity contribution in [3.63, 3.8) is 0 Å². The summed E-state index contributed by atoms with van der Waals surface area (Å²) in [5, 5.41) is 5.12. The summed E-state index contributed by atoms with van der Waals surface area (Å²) in [5.41, 5.74) is 8.76. The second-order valence-corrected chi connectivity index (χ2v) is 12.5. The molecule has 0 atom stereocenters. The number of halogens is 2. The molecule has 2 aromatic rings. The maximum absolute atomic E-state index is 6.28. The van der Waals surface area contributed by atoms with Gasteiger partial charge in [0.1, 0.15) is 0 Å². The van der Waals surface area contributed by atoms with Crippen LogP contribution in [0.5, 0.6) is 0 Å². The van der Waals surface area contributed by atoms with Crippen LogP contribution in [0, 0.1) is 0 Å². The minimum Gasteiger partial charge on any atom is -0.356 e. The standard InChI is InChI=1S/C35H39BrClN5/c1-5-39(25-29-14-13-15-30(37)24-29)27-41(31-16-11-8-12-17-31)35(3)20-22-40(23-21-35)26-33-34(36)28(2)42(38(33)4)32-18-9-6-7-10-19-32/h5-6,8-19,24H,1-2,20-23,25-27H2,3-4H3. The fourth-order valence-corrected chi connectivity index (χ4v) is 6.63. The minimum absolute atomic E-state index is 0.00837. The second-order valence-electron chi connectivity index (χ2n) is 11.2. The number of hydrogen-bond donors (Lipinski definition) is 0. The van der Waals surface area contributed by atoms with E-state index in [1.54, 1.807) is 0 Å². The first kappa shape index (κ1) is 30.1. The van der Waals surface area contributed by atoms with Crippen LogP contribution in [-0.2, 0) is 6.54 Å². The maximum atomic E-state index is 6.28. The average molecular weight is 645 g/mol. The molecule has 0 bridgehead atoms. The van der Waals surface area contributed by atoms with Crippen molar-refractivity contribution in [3.05, 3.63) is 142 Å². The van der Waals surface area contributed by atoms with Crippen molar-refractivity contribution in [1.29, 1.82) is 0 Å². The van der Waals surface area contributed by atoms with Gasteiger partial charge in [-0.3, -0.25) is 14.9 Å². The predicted octanol–water partition coefficient (Wildman–Crippen LogP) is 8.05. The Morgan fingerprint density at radius 2 is 1.86 bits per heavy atom. The molecule has 5 rings (SSSR count). The van der Waals surface area contributed by atoms with E-state index in [9.17, 15) is 0 Å². The fraction of sp³-hybridized carbons (Fsp3) is 0.286. The van der Waals surface area contributed by atoms with Crippen LogP contribution in [0.1, 0.15) is 25.3 Å². The number of anilines is 1. The van der Waals surface area contributed by atoms with E-state index in [2.05, 4.69) is 122 Å². The van der Waals surface area contributed by atoms with E-state index in [0.29, 0.717) is 0 Å². The molecule has 42 heavy (non-hydrogen) atoms. The Hall–Kier alpha value is -3.41. The number of benzene rings is 2. The molecule has 0 saturated carbocycles. The van der Waals surface area contributed by atoms with Gasteiger partial charge in [-0.15, -0.1) is 5.73 Å². The molecule has 1 fully saturated rings. The van der Waals surface area contributed by atoms with E-state index in [0.717, 1.165) is 66.6 Å². The van der Waals surface area contributed by atoms with Crippen molar-refractivity contribution in [2.75, 3.05) is 38.3 Å². The molecule has 3 aliphatic rings. The number of likely N-dealkylation sites (N-methyl/N-ethyl adjacent to an activating group) is 1. The van der Waals surface area contributed by atoms with Crippen LogP contribution >= 0.6 is 27.5 Å². The van der Waals surface area contributed by atoms with Gasteiger partial charge in [0.05, 0.1) is 28.2 Å². The number of para-hydroxylation sites is 1. The lowest BCUT2D eigenvalue weighted by molar-refractivity contribution is 0.114. The quantitative estimate of drug-likeness (QED) is 0.192. The minimum atomic E-state index is -0.00837. The first-order valence-corrected chi connectivity index (χ1v) is 15.5. The monoisotopic (exact) mass is 643 g/mol. The highest BCUT2D eigenvalue weighted by molar-refractivity contribution is 9.12. The number of hydrogen-bond acceptors (Lipinski definition) is 5. The molecule has 1 saturated heterocycles. The van der Waals surface area contributed by atoms with Crippen molar-refractivity contribution in [1.82, 2.24) is 19.8 Å². The highest BCUT2D eigenvalue weighted by Crippen LogP contribution is 2.39. The van der Waals surface area contributed by atoms with E-state index >= 15 is 0 Å². The Labute approximate surface area is 264 Å². The molecule has 0 spiro atoms. The van der Waals surface area contributed by atoms with E-state index in [-0.39, 0.29) is 5.54 Å². The Kier molecular flexibility index (Phi) is 9.50. The third-order valence-corrected chi connectivity index (χ3v) is 9.54. The van der Waals surface area contributed by atoms with E-state index < -0.39 is 0 Å². The zero-order valence-electron chi connectivity index (χ0n) is 24.5. The Morgan fingerprint density at radius 1 is 1.10 bits per heavy atom. The van der Waals surface area contributed by atoms with Crippen molar-refractivity contribution < 1.29 is 0 Å². The van der Waals surface area contributed by atoms with Crippen LogP contribution in [0.2, 0.25) is 5.02 Å². The number of likely N-dealkylation sites (tertiary alicyclic amines) is 1. The van der Waals surface area contributed by atoms with Gasteiger partial charge in [-0.25, -0.2) is 0 Å². The lowest BCUT2D eigenvalue weighted by Crippen LogP contribution is -2.56. The van der Waals surface area contributed by atoms with Crippen molar-refractivity contribution in [2.24, 2.45) is 0 Å². The van der Waals surface area contributed by atoms with Crippen molar-refractivity contribution in [2.45, 2.75) is 31.8 Å². The second kappa shape index (κ2) is 13.3. The highest BCUT2D eigenvalue weighted by atomic mass is 79.9. The molecule has 5 nitrogen and oxygen atoms in total. The van der Waals surface area contributed by atoms with Crippen LogP contribution in [0.25, 0.3) is 0 Å². The zero-order chi connectivity index (χ0) is 29.7. The van der Waals surface area contributed by atoms with E-state index in [4.69, 9.17) is 11.6 Å². The summed E-state index contributed by atoms with van der Waals surface area (Å²) in [7, 11) is 2.11. The third-order valence-electron chi connectivity index (χ3n) is 8.39. The van der Waals surface area contributed by atoms with Crippen LogP contribution in [0.15, 0.2) is 132 Å². The Morgan fingerprint density at radius 3 is 2.57 bits per heavy atom. The molecule has 0 unspecified atom stereocenters. The largest absolute Gasteiger partial charge is 0.356 e. The van der Waals surface area contributed by atoms with Gasteiger partial charge >= 0.3 is 0 Å². The van der Waals surface area contributed by atoms with Crippen LogP contribution < -0.4 is 4.90 Å². The zero-order valence-corrected chi connectivity index (χ0v) is 26.9. The molecule has 2 aliphatic heterocycles. The first-order chi connectivity index (χ1) is 20.3. The highest BCUT2D eigenvalue weighted by Gasteiger charge is 2.38. The molecular formula is C35H39BrClN5. The Balaban J connectivity index is 1.28. The van der Waals surface area contributed by atoms with Gasteiger partial charge in [-0.05, 0) is 96.0 Å². The normalized spacial score (nSPS) is 18.4. The molecule has 7 heteroatoms. The van der Waals surface area contributed by atoms with Gasteiger partial charge < -0.3 is 9.80 Å². The van der Waals surface area contributed by atoms with Crippen LogP contribution in [0.4, 0.5) is 5.69 Å².